The maximum Gasteiger partial charge on any atom is 0.283 e. The summed E-state index contributed by atoms with van der Waals surface area (Å²) < 4.78 is 0. The molecule has 0 radical (unpaired) electrons. The Labute approximate surface area is 169 Å². The van der Waals surface area contributed by atoms with E-state index in [-0.39, 0.29) is 0 Å². The van der Waals surface area contributed by atoms with Gasteiger partial charge in [0.2, 0.25) is 0 Å². The third kappa shape index (κ3) is 10.9. The quantitative estimate of drug-likeness (QED) is 0.290. The lowest BCUT2D eigenvalue weighted by molar-refractivity contribution is -0.420. The van der Waals surface area contributed by atoms with Crippen molar-refractivity contribution in [1.29, 1.82) is 0 Å². The van der Waals surface area contributed by atoms with Gasteiger partial charge in [0.1, 0.15) is 0 Å². The topological polar surface area (TPSA) is 180 Å². The third-order valence-corrected chi connectivity index (χ3v) is 4.24. The van der Waals surface area contributed by atoms with Gasteiger partial charge in [-0.05, 0) is 12.8 Å². The van der Waals surface area contributed by atoms with Gasteiger partial charge in [-0.15, -0.1) is 0 Å². The summed E-state index contributed by atoms with van der Waals surface area (Å²) in [5.74, 6) is -1.46. The van der Waals surface area contributed by atoms with E-state index in [1.54, 1.807) is 0 Å². The van der Waals surface area contributed by atoms with Gasteiger partial charge in [0.15, 0.2) is 0 Å². The Morgan fingerprint density at radius 3 is 1.41 bits per heavy atom. The van der Waals surface area contributed by atoms with Crippen molar-refractivity contribution in [3.8, 4) is 5.75 Å². The normalized spacial score (nSPS) is 10.1. The van der Waals surface area contributed by atoms with Crippen LogP contribution in [-0.2, 0) is 0 Å². The van der Waals surface area contributed by atoms with Crippen molar-refractivity contribution in [3.63, 3.8) is 0 Å². The summed E-state index contributed by atoms with van der Waals surface area (Å²) in [6, 6.07) is 0.769. The molecule has 3 N–H and O–H groups in total. The van der Waals surface area contributed by atoms with E-state index in [4.69, 9.17) is 0 Å². The Hall–Kier alpha value is -2.82. The summed E-state index contributed by atoms with van der Waals surface area (Å²) in [6.45, 7) is 3.40. The number of unbranched alkanes of at least 4 members (excludes halogenated alkanes) is 9. The van der Waals surface area contributed by atoms with E-state index in [1.165, 1.54) is 64.2 Å². The molecule has 0 aliphatic carbocycles. The minimum atomic E-state index is -1.46. The van der Waals surface area contributed by atoms with Gasteiger partial charge < -0.3 is 10.8 Å². The lowest BCUT2D eigenvalue weighted by atomic mass is 10.1. The molecule has 29 heavy (non-hydrogen) atoms. The van der Waals surface area contributed by atoms with E-state index >= 15 is 0 Å². The first-order valence-corrected chi connectivity index (χ1v) is 9.83. The SMILES string of the molecule is CCCCCCCCCCCC[NH3+].O=[N+]([O-])c1cc([N+](=O)[O-])c([O-])c([N+](=O)[O-])c1. The molecule has 0 bridgehead atoms. The molecule has 0 atom stereocenters. The minimum absolute atomic E-state index is 0.384. The number of nitro benzene ring substituents is 3. The largest absolute Gasteiger partial charge is 0.863 e. The molecule has 0 saturated carbocycles. The van der Waals surface area contributed by atoms with Crippen LogP contribution in [0.4, 0.5) is 17.1 Å². The Kier molecular flexibility index (Phi) is 13.7. The number of nitro groups is 3. The lowest BCUT2D eigenvalue weighted by Crippen LogP contribution is -2.50. The monoisotopic (exact) mass is 414 g/mol. The molecule has 0 spiro atoms. The predicted octanol–water partition coefficient (Wildman–Crippen LogP) is 3.63. The zero-order valence-corrected chi connectivity index (χ0v) is 16.8. The Morgan fingerprint density at radius 1 is 0.724 bits per heavy atom. The van der Waals surface area contributed by atoms with Gasteiger partial charge in [-0.2, -0.15) is 0 Å². The highest BCUT2D eigenvalue weighted by Crippen LogP contribution is 2.36. The molecule has 0 aromatic heterocycles. The Bertz CT molecular complexity index is 623. The number of hydrogen-bond acceptors (Lipinski definition) is 7. The molecule has 0 aliphatic heterocycles. The molecule has 0 heterocycles. The number of non-ortho nitro benzene ring substituents is 1. The van der Waals surface area contributed by atoms with E-state index in [9.17, 15) is 35.4 Å². The lowest BCUT2D eigenvalue weighted by Gasteiger charge is -2.06. The van der Waals surface area contributed by atoms with Crippen LogP contribution in [0.5, 0.6) is 5.75 Å². The number of nitrogens with zero attached hydrogens (tertiary/aromatic N) is 3. The van der Waals surface area contributed by atoms with Crippen LogP contribution < -0.4 is 10.8 Å². The number of hydrogen-bond donors (Lipinski definition) is 1. The van der Waals surface area contributed by atoms with Crippen LogP contribution in [-0.4, -0.2) is 21.3 Å². The molecule has 0 amide bonds. The first kappa shape index (κ1) is 26.2. The van der Waals surface area contributed by atoms with Gasteiger partial charge in [-0.1, -0.05) is 58.3 Å². The highest BCUT2D eigenvalue weighted by molar-refractivity contribution is 5.63. The molecule has 1 rings (SSSR count). The van der Waals surface area contributed by atoms with Crippen molar-refractivity contribution in [3.05, 3.63) is 42.5 Å². The fraction of sp³-hybridized carbons (Fsp3) is 0.667. The molecule has 0 aliphatic rings. The summed E-state index contributed by atoms with van der Waals surface area (Å²) in [6.07, 6.45) is 14.2. The number of benzene rings is 1. The summed E-state index contributed by atoms with van der Waals surface area (Å²) in [4.78, 5) is 27.5. The van der Waals surface area contributed by atoms with Gasteiger partial charge in [0, 0.05) is 0 Å². The summed E-state index contributed by atoms with van der Waals surface area (Å²) >= 11 is 0. The zero-order valence-electron chi connectivity index (χ0n) is 16.8. The second kappa shape index (κ2) is 15.1. The fourth-order valence-electron chi connectivity index (χ4n) is 2.62. The number of quaternary nitrogens is 1. The van der Waals surface area contributed by atoms with Crippen molar-refractivity contribution in [2.24, 2.45) is 0 Å². The van der Waals surface area contributed by atoms with Gasteiger partial charge in [-0.3, -0.25) is 30.3 Å². The Balaban J connectivity index is 0.000000555. The van der Waals surface area contributed by atoms with Gasteiger partial charge in [0.25, 0.3) is 17.1 Å². The minimum Gasteiger partial charge on any atom is -0.863 e. The van der Waals surface area contributed by atoms with Gasteiger partial charge in [0.05, 0.1) is 39.2 Å². The average molecular weight is 414 g/mol. The van der Waals surface area contributed by atoms with E-state index < -0.39 is 37.6 Å². The molecule has 0 unspecified atom stereocenters. The Morgan fingerprint density at radius 2 is 1.10 bits per heavy atom. The molecule has 11 nitrogen and oxygen atoms in total. The van der Waals surface area contributed by atoms with Crippen LogP contribution in [0, 0.1) is 30.3 Å². The van der Waals surface area contributed by atoms with Crippen molar-refractivity contribution in [1.82, 2.24) is 0 Å². The molecule has 0 saturated heterocycles. The maximum absolute atomic E-state index is 11.1. The summed E-state index contributed by atoms with van der Waals surface area (Å²) in [5.41, 5.74) is 0.589. The molecule has 11 heteroatoms. The van der Waals surface area contributed by atoms with Crippen LogP contribution >= 0.6 is 0 Å². The van der Waals surface area contributed by atoms with Crippen molar-refractivity contribution in [2.45, 2.75) is 71.1 Å². The number of rotatable bonds is 13. The van der Waals surface area contributed by atoms with Gasteiger partial charge in [-0.25, -0.2) is 0 Å². The summed E-state index contributed by atoms with van der Waals surface area (Å²) in [7, 11) is 0. The highest BCUT2D eigenvalue weighted by atomic mass is 16.6. The van der Waals surface area contributed by atoms with E-state index in [0.717, 1.165) is 6.54 Å². The van der Waals surface area contributed by atoms with Crippen LogP contribution in [0.2, 0.25) is 0 Å². The third-order valence-electron chi connectivity index (χ3n) is 4.24. The van der Waals surface area contributed by atoms with Crippen molar-refractivity contribution >= 4 is 17.1 Å². The van der Waals surface area contributed by atoms with Crippen molar-refractivity contribution < 1.29 is 25.6 Å². The molecule has 0 fully saturated rings. The van der Waals surface area contributed by atoms with Crippen LogP contribution in [0.25, 0.3) is 0 Å². The molecular formula is C18H30N4O7. The van der Waals surface area contributed by atoms with Gasteiger partial charge >= 0.3 is 0 Å². The fourth-order valence-corrected chi connectivity index (χ4v) is 2.62. The van der Waals surface area contributed by atoms with E-state index in [2.05, 4.69) is 12.7 Å². The van der Waals surface area contributed by atoms with E-state index in [0.29, 0.717) is 12.1 Å². The second-order valence-electron chi connectivity index (χ2n) is 6.62. The predicted molar refractivity (Wildman–Crippen MR) is 105 cm³/mol. The van der Waals surface area contributed by atoms with E-state index in [1.807, 2.05) is 0 Å². The maximum atomic E-state index is 11.1. The highest BCUT2D eigenvalue weighted by Gasteiger charge is 2.24. The zero-order chi connectivity index (χ0) is 22.2. The molecule has 1 aromatic carbocycles. The average Bonchev–Trinajstić information content (AvgIpc) is 2.66. The molecular weight excluding hydrogens is 384 g/mol. The van der Waals surface area contributed by atoms with Crippen LogP contribution in [0.1, 0.15) is 71.1 Å². The second-order valence-corrected chi connectivity index (χ2v) is 6.62. The van der Waals surface area contributed by atoms with Crippen LogP contribution in [0.3, 0.4) is 0 Å². The summed E-state index contributed by atoms with van der Waals surface area (Å²) in [5, 5.41) is 42.1. The molecule has 1 aromatic rings. The first-order valence-electron chi connectivity index (χ1n) is 9.83. The smallest absolute Gasteiger partial charge is 0.283 e. The standard InChI is InChI=1S/C12H27N.C6H3N3O7/c1-2-3-4-5-6-7-8-9-10-11-12-13;10-6-4(8(13)14)1-3(7(11)12)2-5(6)9(15)16/h2-13H2,1H3;1-2,10H. The van der Waals surface area contributed by atoms with Crippen LogP contribution in [0.15, 0.2) is 12.1 Å². The van der Waals surface area contributed by atoms with Crippen molar-refractivity contribution in [2.75, 3.05) is 6.54 Å². The molecule has 164 valence electrons. The first-order chi connectivity index (χ1) is 13.8.